The summed E-state index contributed by atoms with van der Waals surface area (Å²) < 4.78 is 32.4. The van der Waals surface area contributed by atoms with E-state index in [2.05, 4.69) is 5.32 Å². The molecule has 0 spiro atoms. The molecule has 3 rings (SSSR count). The number of rotatable bonds is 6. The second-order valence-electron chi connectivity index (χ2n) is 6.26. The molecular weight excluding hydrogens is 352 g/mol. The molecule has 1 atom stereocenters. The monoisotopic (exact) mass is 374 g/mol. The summed E-state index contributed by atoms with van der Waals surface area (Å²) in [6.45, 7) is 2.74. The molecule has 1 aliphatic rings. The lowest BCUT2D eigenvalue weighted by molar-refractivity contribution is 0.0937. The molecule has 1 N–H and O–H groups in total. The number of fused-ring (bicyclic) bond motifs is 1. The Labute approximate surface area is 153 Å². The van der Waals surface area contributed by atoms with Crippen LogP contribution in [0.25, 0.3) is 0 Å². The maximum atomic E-state index is 13.0. The number of hydrogen-bond acceptors (Lipinski definition) is 4. The lowest BCUT2D eigenvalue weighted by Gasteiger charge is -2.24. The summed E-state index contributed by atoms with van der Waals surface area (Å²) >= 11 is 0. The first-order valence-corrected chi connectivity index (χ1v) is 9.88. The van der Waals surface area contributed by atoms with Crippen LogP contribution in [0.3, 0.4) is 0 Å². The van der Waals surface area contributed by atoms with Crippen molar-refractivity contribution in [2.24, 2.45) is 0 Å². The van der Waals surface area contributed by atoms with Crippen molar-refractivity contribution in [3.8, 4) is 0 Å². The first kappa shape index (κ1) is 18.4. The predicted octanol–water partition coefficient (Wildman–Crippen LogP) is 2.20. The number of anilines is 1. The Hall–Kier alpha value is -2.38. The smallest absolute Gasteiger partial charge is 0.264 e. The Morgan fingerprint density at radius 3 is 2.65 bits per heavy atom. The number of carbonyl (C=O) groups is 1. The van der Waals surface area contributed by atoms with Crippen molar-refractivity contribution in [1.82, 2.24) is 5.32 Å². The second kappa shape index (κ2) is 7.47. The van der Waals surface area contributed by atoms with E-state index >= 15 is 0 Å². The van der Waals surface area contributed by atoms with Gasteiger partial charge in [0.1, 0.15) is 0 Å². The van der Waals surface area contributed by atoms with E-state index in [1.165, 1.54) is 4.31 Å². The Bertz CT molecular complexity index is 897. The summed E-state index contributed by atoms with van der Waals surface area (Å²) in [6, 6.07) is 13.3. The van der Waals surface area contributed by atoms with Gasteiger partial charge in [-0.1, -0.05) is 18.2 Å². The minimum atomic E-state index is -3.64. The third kappa shape index (κ3) is 3.45. The third-order valence-electron chi connectivity index (χ3n) is 4.39. The van der Waals surface area contributed by atoms with Gasteiger partial charge in [0.2, 0.25) is 0 Å². The van der Waals surface area contributed by atoms with Gasteiger partial charge in [0.15, 0.2) is 0 Å². The molecule has 0 saturated heterocycles. The number of nitrogens with zero attached hydrogens (tertiary/aromatic N) is 1. The van der Waals surface area contributed by atoms with E-state index in [-0.39, 0.29) is 16.8 Å². The molecule has 0 bridgehead atoms. The molecule has 0 aromatic heterocycles. The second-order valence-corrected chi connectivity index (χ2v) is 8.07. The highest BCUT2D eigenvalue weighted by Crippen LogP contribution is 2.37. The Morgan fingerprint density at radius 1 is 1.23 bits per heavy atom. The van der Waals surface area contributed by atoms with Crippen LogP contribution in [0.2, 0.25) is 0 Å². The standard InChI is InChI=1S/C19H22N2O4S/c1-14-12-16-13-15(19(22)20-10-11-25-2)8-9-18(16)21(14)26(23,24)17-6-4-3-5-7-17/h3-9,13-14H,10-12H2,1-2H3,(H,20,22)/t14-/m1/s1. The number of benzene rings is 2. The Morgan fingerprint density at radius 2 is 1.96 bits per heavy atom. The maximum Gasteiger partial charge on any atom is 0.264 e. The van der Waals surface area contributed by atoms with Gasteiger partial charge in [0, 0.05) is 25.3 Å². The number of methoxy groups -OCH3 is 1. The van der Waals surface area contributed by atoms with Crippen LogP contribution in [0.1, 0.15) is 22.8 Å². The highest BCUT2D eigenvalue weighted by atomic mass is 32.2. The molecule has 0 unspecified atom stereocenters. The lowest BCUT2D eigenvalue weighted by Crippen LogP contribution is -2.35. The summed E-state index contributed by atoms with van der Waals surface area (Å²) in [5.41, 5.74) is 2.01. The minimum absolute atomic E-state index is 0.193. The molecule has 7 heteroatoms. The van der Waals surface area contributed by atoms with Crippen molar-refractivity contribution in [1.29, 1.82) is 0 Å². The van der Waals surface area contributed by atoms with E-state index in [0.29, 0.717) is 30.8 Å². The van der Waals surface area contributed by atoms with Crippen molar-refractivity contribution in [2.75, 3.05) is 24.6 Å². The van der Waals surface area contributed by atoms with Crippen LogP contribution in [0, 0.1) is 0 Å². The highest BCUT2D eigenvalue weighted by Gasteiger charge is 2.36. The van der Waals surface area contributed by atoms with Crippen LogP contribution >= 0.6 is 0 Å². The van der Waals surface area contributed by atoms with Gasteiger partial charge in [0.25, 0.3) is 15.9 Å². The van der Waals surface area contributed by atoms with Crippen molar-refractivity contribution in [3.63, 3.8) is 0 Å². The third-order valence-corrected chi connectivity index (χ3v) is 6.33. The van der Waals surface area contributed by atoms with Crippen LogP contribution in [-0.4, -0.2) is 40.6 Å². The summed E-state index contributed by atoms with van der Waals surface area (Å²) in [7, 11) is -2.06. The Balaban J connectivity index is 1.89. The van der Waals surface area contributed by atoms with Gasteiger partial charge in [-0.25, -0.2) is 8.42 Å². The molecule has 2 aromatic carbocycles. The molecule has 1 amide bonds. The zero-order chi connectivity index (χ0) is 18.7. The van der Waals surface area contributed by atoms with Gasteiger partial charge in [-0.3, -0.25) is 9.10 Å². The summed E-state index contributed by atoms with van der Waals surface area (Å²) in [4.78, 5) is 12.5. The fraction of sp³-hybridized carbons (Fsp3) is 0.316. The zero-order valence-corrected chi connectivity index (χ0v) is 15.6. The topological polar surface area (TPSA) is 75.7 Å². The van der Waals surface area contributed by atoms with Crippen LogP contribution in [0.15, 0.2) is 53.4 Å². The van der Waals surface area contributed by atoms with Crippen molar-refractivity contribution in [2.45, 2.75) is 24.3 Å². The van der Waals surface area contributed by atoms with Crippen LogP contribution in [0.4, 0.5) is 5.69 Å². The molecule has 138 valence electrons. The van der Waals surface area contributed by atoms with E-state index in [1.54, 1.807) is 55.6 Å². The van der Waals surface area contributed by atoms with Gasteiger partial charge < -0.3 is 10.1 Å². The number of amides is 1. The quantitative estimate of drug-likeness (QED) is 0.787. The largest absolute Gasteiger partial charge is 0.383 e. The van der Waals surface area contributed by atoms with E-state index in [0.717, 1.165) is 5.56 Å². The molecule has 26 heavy (non-hydrogen) atoms. The van der Waals surface area contributed by atoms with Crippen LogP contribution < -0.4 is 9.62 Å². The van der Waals surface area contributed by atoms with Crippen molar-refractivity contribution < 1.29 is 17.9 Å². The van der Waals surface area contributed by atoms with Gasteiger partial charge in [-0.15, -0.1) is 0 Å². The van der Waals surface area contributed by atoms with Gasteiger partial charge in [-0.2, -0.15) is 0 Å². The number of hydrogen-bond donors (Lipinski definition) is 1. The van der Waals surface area contributed by atoms with Gasteiger partial charge in [-0.05, 0) is 49.2 Å². The SMILES string of the molecule is COCCNC(=O)c1ccc2c(c1)C[C@@H](C)N2S(=O)(=O)c1ccccc1. The number of ether oxygens (including phenoxy) is 1. The van der Waals surface area contributed by atoms with Gasteiger partial charge in [0.05, 0.1) is 17.2 Å². The molecule has 0 radical (unpaired) electrons. The molecule has 0 aliphatic carbocycles. The molecule has 0 saturated carbocycles. The van der Waals surface area contributed by atoms with E-state index in [9.17, 15) is 13.2 Å². The summed E-state index contributed by atoms with van der Waals surface area (Å²) in [5.74, 6) is -0.193. The predicted molar refractivity (Wildman–Crippen MR) is 99.9 cm³/mol. The number of sulfonamides is 1. The molecular formula is C19H22N2O4S. The van der Waals surface area contributed by atoms with E-state index in [4.69, 9.17) is 4.74 Å². The van der Waals surface area contributed by atoms with E-state index in [1.807, 2.05) is 6.92 Å². The molecule has 6 nitrogen and oxygen atoms in total. The number of nitrogens with one attached hydrogen (secondary N) is 1. The van der Waals surface area contributed by atoms with Crippen LogP contribution in [-0.2, 0) is 21.2 Å². The first-order valence-electron chi connectivity index (χ1n) is 8.44. The molecule has 1 aliphatic heterocycles. The fourth-order valence-electron chi connectivity index (χ4n) is 3.18. The van der Waals surface area contributed by atoms with Crippen molar-refractivity contribution >= 4 is 21.6 Å². The molecule has 2 aromatic rings. The van der Waals surface area contributed by atoms with Gasteiger partial charge >= 0.3 is 0 Å². The minimum Gasteiger partial charge on any atom is -0.383 e. The Kier molecular flexibility index (Phi) is 5.29. The first-order chi connectivity index (χ1) is 12.4. The lowest BCUT2D eigenvalue weighted by atomic mass is 10.1. The summed E-state index contributed by atoms with van der Waals surface area (Å²) in [6.07, 6.45) is 0.570. The van der Waals surface area contributed by atoms with Crippen LogP contribution in [0.5, 0.6) is 0 Å². The highest BCUT2D eigenvalue weighted by molar-refractivity contribution is 7.92. The average molecular weight is 374 g/mol. The number of carbonyl (C=O) groups excluding carboxylic acids is 1. The molecule has 1 heterocycles. The average Bonchev–Trinajstić information content (AvgIpc) is 2.98. The molecule has 0 fully saturated rings. The summed E-state index contributed by atoms with van der Waals surface area (Å²) in [5, 5.41) is 2.77. The van der Waals surface area contributed by atoms with E-state index < -0.39 is 10.0 Å². The fourth-order valence-corrected chi connectivity index (χ4v) is 4.90. The zero-order valence-electron chi connectivity index (χ0n) is 14.8. The maximum absolute atomic E-state index is 13.0. The van der Waals surface area contributed by atoms with Crippen molar-refractivity contribution in [3.05, 3.63) is 59.7 Å². The normalized spacial score (nSPS) is 16.4.